The Morgan fingerprint density at radius 3 is 2.74 bits per heavy atom. The predicted octanol–water partition coefficient (Wildman–Crippen LogP) is 3.66. The first-order valence-electron chi connectivity index (χ1n) is 6.85. The second kappa shape index (κ2) is 5.95. The van der Waals surface area contributed by atoms with E-state index in [0.29, 0.717) is 0 Å². The van der Waals surface area contributed by atoms with E-state index >= 15 is 0 Å². The number of carbonyl (C=O) groups excluding carboxylic acids is 1. The summed E-state index contributed by atoms with van der Waals surface area (Å²) in [5, 5.41) is 1.05. The van der Waals surface area contributed by atoms with E-state index in [4.69, 9.17) is 0 Å². The monoisotopic (exact) mass is 278 g/mol. The Kier molecular flexibility index (Phi) is 4.50. The lowest BCUT2D eigenvalue weighted by Crippen LogP contribution is -2.32. The van der Waals surface area contributed by atoms with E-state index in [1.54, 1.807) is 11.8 Å². The van der Waals surface area contributed by atoms with Crippen molar-refractivity contribution < 1.29 is 4.79 Å². The molecule has 0 saturated carbocycles. The Labute approximate surface area is 119 Å². The van der Waals surface area contributed by atoms with E-state index in [1.807, 2.05) is 11.1 Å². The van der Waals surface area contributed by atoms with Gasteiger partial charge in [0.2, 0.25) is 6.41 Å². The van der Waals surface area contributed by atoms with Gasteiger partial charge >= 0.3 is 0 Å². The molecule has 4 heteroatoms. The molecule has 1 aliphatic heterocycles. The molecule has 0 aromatic carbocycles. The average Bonchev–Trinajstić information content (AvgIpc) is 2.38. The number of hydrogen-bond donors (Lipinski definition) is 0. The summed E-state index contributed by atoms with van der Waals surface area (Å²) in [5.41, 5.74) is 1.16. The molecule has 19 heavy (non-hydrogen) atoms. The molecule has 0 radical (unpaired) electrons. The molecule has 1 atom stereocenters. The lowest BCUT2D eigenvalue weighted by Gasteiger charge is -2.32. The largest absolute Gasteiger partial charge is 0.338 e. The molecule has 2 heterocycles. The number of hydrogen-bond acceptors (Lipinski definition) is 3. The van der Waals surface area contributed by atoms with Gasteiger partial charge in [0, 0.05) is 17.5 Å². The van der Waals surface area contributed by atoms with Crippen LogP contribution in [0, 0.1) is 0 Å². The Morgan fingerprint density at radius 2 is 2.16 bits per heavy atom. The molecular weight excluding hydrogens is 256 g/mol. The summed E-state index contributed by atoms with van der Waals surface area (Å²) in [7, 11) is 0. The zero-order valence-corrected chi connectivity index (χ0v) is 12.7. The van der Waals surface area contributed by atoms with Crippen LogP contribution in [0.4, 0.5) is 0 Å². The SMILES string of the molecule is CC(C)(C)Sc1ccc([C@@H]2CCCCN2C=O)cn1. The van der Waals surface area contributed by atoms with Gasteiger partial charge in [-0.2, -0.15) is 0 Å². The van der Waals surface area contributed by atoms with Crippen molar-refractivity contribution in [1.29, 1.82) is 0 Å². The summed E-state index contributed by atoms with van der Waals surface area (Å²) in [6.45, 7) is 7.42. The van der Waals surface area contributed by atoms with Crippen molar-refractivity contribution in [3.8, 4) is 0 Å². The van der Waals surface area contributed by atoms with Crippen LogP contribution < -0.4 is 0 Å². The molecule has 0 aliphatic carbocycles. The van der Waals surface area contributed by atoms with Crippen LogP contribution in [0.3, 0.4) is 0 Å². The zero-order valence-electron chi connectivity index (χ0n) is 11.9. The lowest BCUT2D eigenvalue weighted by atomic mass is 9.97. The minimum absolute atomic E-state index is 0.175. The summed E-state index contributed by atoms with van der Waals surface area (Å²) in [4.78, 5) is 17.5. The summed E-state index contributed by atoms with van der Waals surface area (Å²) in [5.74, 6) is 0. The highest BCUT2D eigenvalue weighted by molar-refractivity contribution is 8.00. The third kappa shape index (κ3) is 3.96. The van der Waals surface area contributed by atoms with Crippen molar-refractivity contribution in [1.82, 2.24) is 9.88 Å². The van der Waals surface area contributed by atoms with Gasteiger partial charge in [-0.25, -0.2) is 4.98 Å². The van der Waals surface area contributed by atoms with Gasteiger partial charge in [-0.3, -0.25) is 4.79 Å². The average molecular weight is 278 g/mol. The van der Waals surface area contributed by atoms with Crippen LogP contribution in [0.25, 0.3) is 0 Å². The van der Waals surface area contributed by atoms with Crippen LogP contribution in [-0.2, 0) is 4.79 Å². The summed E-state index contributed by atoms with van der Waals surface area (Å²) >= 11 is 1.77. The molecule has 0 N–H and O–H groups in total. The number of likely N-dealkylation sites (tertiary alicyclic amines) is 1. The minimum atomic E-state index is 0.175. The van der Waals surface area contributed by atoms with E-state index in [2.05, 4.69) is 37.9 Å². The van der Waals surface area contributed by atoms with Gasteiger partial charge < -0.3 is 4.90 Å². The van der Waals surface area contributed by atoms with Gasteiger partial charge in [0.1, 0.15) is 0 Å². The van der Waals surface area contributed by atoms with Gasteiger partial charge in [0.05, 0.1) is 11.1 Å². The van der Waals surface area contributed by atoms with Crippen LogP contribution >= 0.6 is 11.8 Å². The molecule has 1 amide bonds. The van der Waals surface area contributed by atoms with Gasteiger partial charge in [-0.1, -0.05) is 26.8 Å². The maximum absolute atomic E-state index is 11.1. The van der Waals surface area contributed by atoms with Crippen molar-refractivity contribution in [2.24, 2.45) is 0 Å². The number of thioether (sulfide) groups is 1. The van der Waals surface area contributed by atoms with Crippen molar-refractivity contribution in [3.63, 3.8) is 0 Å². The molecule has 1 fully saturated rings. The van der Waals surface area contributed by atoms with Crippen molar-refractivity contribution >= 4 is 18.2 Å². The van der Waals surface area contributed by atoms with Crippen molar-refractivity contribution in [3.05, 3.63) is 23.9 Å². The number of rotatable bonds is 3. The molecule has 1 saturated heterocycles. The minimum Gasteiger partial charge on any atom is -0.338 e. The molecule has 1 aromatic rings. The fourth-order valence-electron chi connectivity index (χ4n) is 2.40. The Hall–Kier alpha value is -1.03. The van der Waals surface area contributed by atoms with Crippen LogP contribution in [0.2, 0.25) is 0 Å². The predicted molar refractivity (Wildman–Crippen MR) is 79.2 cm³/mol. The van der Waals surface area contributed by atoms with E-state index < -0.39 is 0 Å². The van der Waals surface area contributed by atoms with Gasteiger partial charge in [0.15, 0.2) is 0 Å². The quantitative estimate of drug-likeness (QED) is 0.625. The molecule has 3 nitrogen and oxygen atoms in total. The highest BCUT2D eigenvalue weighted by atomic mass is 32.2. The molecule has 0 bridgehead atoms. The molecule has 2 rings (SSSR count). The fraction of sp³-hybridized carbons (Fsp3) is 0.600. The first-order valence-corrected chi connectivity index (χ1v) is 7.67. The number of carbonyl (C=O) groups is 1. The topological polar surface area (TPSA) is 33.2 Å². The highest BCUT2D eigenvalue weighted by Gasteiger charge is 2.23. The van der Waals surface area contributed by atoms with E-state index in [9.17, 15) is 4.79 Å². The number of pyridine rings is 1. The summed E-state index contributed by atoms with van der Waals surface area (Å²) in [6.07, 6.45) is 6.25. The number of nitrogens with zero attached hydrogens (tertiary/aromatic N) is 2. The Balaban J connectivity index is 2.11. The third-order valence-corrected chi connectivity index (χ3v) is 4.30. The third-order valence-electron chi connectivity index (χ3n) is 3.23. The van der Waals surface area contributed by atoms with Crippen LogP contribution in [-0.4, -0.2) is 27.6 Å². The fourth-order valence-corrected chi connectivity index (χ4v) is 3.27. The smallest absolute Gasteiger partial charge is 0.210 e. The van der Waals surface area contributed by atoms with E-state index in [1.165, 1.54) is 6.42 Å². The van der Waals surface area contributed by atoms with E-state index in [-0.39, 0.29) is 10.8 Å². The molecule has 0 spiro atoms. The van der Waals surface area contributed by atoms with Crippen molar-refractivity contribution in [2.75, 3.05) is 6.54 Å². The first kappa shape index (κ1) is 14.4. The van der Waals surface area contributed by atoms with Gasteiger partial charge in [-0.05, 0) is 30.9 Å². The van der Waals surface area contributed by atoms with Crippen LogP contribution in [0.15, 0.2) is 23.4 Å². The number of amides is 1. The second-order valence-corrected chi connectivity index (χ2v) is 7.85. The Bertz CT molecular complexity index is 425. The van der Waals surface area contributed by atoms with Crippen molar-refractivity contribution in [2.45, 2.75) is 55.8 Å². The number of piperidine rings is 1. The second-order valence-electron chi connectivity index (χ2n) is 6.00. The maximum Gasteiger partial charge on any atom is 0.210 e. The molecule has 0 unspecified atom stereocenters. The number of aromatic nitrogens is 1. The van der Waals surface area contributed by atoms with E-state index in [0.717, 1.165) is 36.4 Å². The highest BCUT2D eigenvalue weighted by Crippen LogP contribution is 2.33. The summed E-state index contributed by atoms with van der Waals surface area (Å²) in [6, 6.07) is 4.41. The normalized spacial score (nSPS) is 20.4. The van der Waals surface area contributed by atoms with Gasteiger partial charge in [-0.15, -0.1) is 11.8 Å². The maximum atomic E-state index is 11.1. The molecular formula is C15H22N2OS. The summed E-state index contributed by atoms with van der Waals surface area (Å²) < 4.78 is 0.175. The molecule has 1 aliphatic rings. The lowest BCUT2D eigenvalue weighted by molar-refractivity contribution is -0.121. The van der Waals surface area contributed by atoms with Crippen LogP contribution in [0.1, 0.15) is 51.6 Å². The first-order chi connectivity index (χ1) is 8.99. The molecule has 1 aromatic heterocycles. The zero-order chi connectivity index (χ0) is 13.9. The standard InChI is InChI=1S/C15H22N2OS/c1-15(2,3)19-14-8-7-12(10-16-14)13-6-4-5-9-17(13)11-18/h7-8,10-11,13H,4-6,9H2,1-3H3/t13-/m0/s1. The Morgan fingerprint density at radius 1 is 1.37 bits per heavy atom. The van der Waals surface area contributed by atoms with Gasteiger partial charge in [0.25, 0.3) is 0 Å². The molecule has 104 valence electrons. The van der Waals surface area contributed by atoms with Crippen LogP contribution in [0.5, 0.6) is 0 Å².